The predicted molar refractivity (Wildman–Crippen MR) is 44.1 cm³/mol. The van der Waals surface area contributed by atoms with Crippen molar-refractivity contribution in [3.63, 3.8) is 0 Å². The lowest BCUT2D eigenvalue weighted by molar-refractivity contribution is -0.349. The van der Waals surface area contributed by atoms with Gasteiger partial charge in [0.2, 0.25) is 0 Å². The molecule has 0 amide bonds. The first-order chi connectivity index (χ1) is 8.73. The van der Waals surface area contributed by atoms with Gasteiger partial charge in [0.1, 0.15) is 0 Å². The van der Waals surface area contributed by atoms with E-state index in [4.69, 9.17) is 0 Å². The van der Waals surface area contributed by atoms with E-state index in [1.165, 1.54) is 0 Å². The molecule has 20 heavy (non-hydrogen) atoms. The molecule has 0 aromatic carbocycles. The second-order valence-corrected chi connectivity index (χ2v) is 3.57. The number of alkyl halides is 10. The van der Waals surface area contributed by atoms with Gasteiger partial charge in [-0.1, -0.05) is 0 Å². The normalized spacial score (nSPS) is 14.5. The van der Waals surface area contributed by atoms with E-state index < -0.39 is 35.3 Å². The summed E-state index contributed by atoms with van der Waals surface area (Å²) in [5, 5.41) is 0. The van der Waals surface area contributed by atoms with Gasteiger partial charge in [0.05, 0.1) is 5.56 Å². The molecule has 1 heterocycles. The third kappa shape index (κ3) is 2.52. The first kappa shape index (κ1) is 16.5. The largest absolute Gasteiger partial charge is 0.435 e. The van der Waals surface area contributed by atoms with Crippen molar-refractivity contribution < 1.29 is 43.9 Å². The molecular weight excluding hydrogens is 312 g/mol. The summed E-state index contributed by atoms with van der Waals surface area (Å²) < 4.78 is 125. The van der Waals surface area contributed by atoms with Crippen LogP contribution in [0.2, 0.25) is 0 Å². The summed E-state index contributed by atoms with van der Waals surface area (Å²) in [5.41, 5.74) is -11.2. The van der Waals surface area contributed by atoms with E-state index in [9.17, 15) is 43.9 Å². The van der Waals surface area contributed by atoms with E-state index in [-0.39, 0.29) is 18.5 Å². The van der Waals surface area contributed by atoms with Gasteiger partial charge in [-0.15, -0.1) is 0 Å². The van der Waals surface area contributed by atoms with Gasteiger partial charge in [-0.2, -0.15) is 39.5 Å². The molecular formula is C9H3F10N. The van der Waals surface area contributed by atoms with Crippen LogP contribution in [0, 0.1) is 0 Å². The Balaban J connectivity index is 3.70. The van der Waals surface area contributed by atoms with E-state index in [2.05, 4.69) is 4.98 Å². The molecule has 0 aliphatic rings. The van der Waals surface area contributed by atoms with Gasteiger partial charge in [-0.25, -0.2) is 4.39 Å². The van der Waals surface area contributed by atoms with Crippen molar-refractivity contribution in [2.24, 2.45) is 0 Å². The van der Waals surface area contributed by atoms with Crippen LogP contribution in [0.1, 0.15) is 11.1 Å². The Morgan fingerprint density at radius 1 is 0.700 bits per heavy atom. The number of aromatic nitrogens is 1. The van der Waals surface area contributed by atoms with Crippen LogP contribution < -0.4 is 0 Å². The quantitative estimate of drug-likeness (QED) is 0.701. The van der Waals surface area contributed by atoms with Crippen molar-refractivity contribution in [3.8, 4) is 0 Å². The molecule has 0 aliphatic carbocycles. The lowest BCUT2D eigenvalue weighted by Crippen LogP contribution is -2.51. The Bertz CT molecular complexity index is 469. The van der Waals surface area contributed by atoms with Crippen LogP contribution in [0.5, 0.6) is 0 Å². The fourth-order valence-electron chi connectivity index (χ4n) is 1.39. The molecule has 1 rings (SSSR count). The summed E-state index contributed by atoms with van der Waals surface area (Å²) in [6.45, 7) is 0. The molecule has 114 valence electrons. The topological polar surface area (TPSA) is 12.9 Å². The van der Waals surface area contributed by atoms with Crippen LogP contribution >= 0.6 is 0 Å². The van der Waals surface area contributed by atoms with Crippen molar-refractivity contribution >= 4 is 0 Å². The first-order valence-corrected chi connectivity index (χ1v) is 4.57. The van der Waals surface area contributed by atoms with Gasteiger partial charge < -0.3 is 0 Å². The molecule has 0 radical (unpaired) electrons. The average Bonchev–Trinajstić information content (AvgIpc) is 2.23. The Morgan fingerprint density at radius 2 is 1.15 bits per heavy atom. The molecule has 0 fully saturated rings. The highest BCUT2D eigenvalue weighted by Crippen LogP contribution is 2.55. The van der Waals surface area contributed by atoms with Crippen LogP contribution in [0.15, 0.2) is 18.5 Å². The lowest BCUT2D eigenvalue weighted by Gasteiger charge is -2.31. The Kier molecular flexibility index (Phi) is 3.70. The van der Waals surface area contributed by atoms with Gasteiger partial charge in [0.25, 0.3) is 0 Å². The van der Waals surface area contributed by atoms with Gasteiger partial charge in [0, 0.05) is 18.0 Å². The van der Waals surface area contributed by atoms with Crippen LogP contribution in [0.4, 0.5) is 43.9 Å². The fraction of sp³-hybridized carbons (Fsp3) is 0.444. The van der Waals surface area contributed by atoms with Gasteiger partial charge in [-0.05, 0) is 6.07 Å². The molecule has 11 heteroatoms. The van der Waals surface area contributed by atoms with Gasteiger partial charge in [-0.3, -0.25) is 4.98 Å². The monoisotopic (exact) mass is 315 g/mol. The zero-order valence-corrected chi connectivity index (χ0v) is 8.96. The predicted octanol–water partition coefficient (Wildman–Crippen LogP) is 4.39. The van der Waals surface area contributed by atoms with E-state index >= 15 is 0 Å². The first-order valence-electron chi connectivity index (χ1n) is 4.57. The van der Waals surface area contributed by atoms with E-state index in [1.807, 2.05) is 0 Å². The summed E-state index contributed by atoms with van der Waals surface area (Å²) in [6, 6.07) is -0.302. The third-order valence-corrected chi connectivity index (χ3v) is 2.28. The number of nitrogens with zero attached hydrogens (tertiary/aromatic N) is 1. The standard InChI is InChI=1S/C9H3F10N/c10-6(8(14,15)16,9(17,18)19)4-1-2-20-3-5(4)7(11,12)13/h1-3H. The minimum Gasteiger partial charge on any atom is -0.264 e. The maximum Gasteiger partial charge on any atom is 0.435 e. The van der Waals surface area contributed by atoms with Crippen LogP contribution in [-0.4, -0.2) is 17.3 Å². The van der Waals surface area contributed by atoms with E-state index in [0.29, 0.717) is 0 Å². The fourth-order valence-corrected chi connectivity index (χ4v) is 1.39. The minimum atomic E-state index is -6.62. The van der Waals surface area contributed by atoms with Crippen molar-refractivity contribution in [1.29, 1.82) is 0 Å². The summed E-state index contributed by atoms with van der Waals surface area (Å²) in [6.07, 6.45) is -19.0. The van der Waals surface area contributed by atoms with Crippen LogP contribution in [0.25, 0.3) is 0 Å². The highest BCUT2D eigenvalue weighted by atomic mass is 19.4. The number of rotatable bonds is 1. The summed E-state index contributed by atoms with van der Waals surface area (Å²) in [5.74, 6) is 0. The molecule has 1 nitrogen and oxygen atoms in total. The molecule has 1 aromatic heterocycles. The van der Waals surface area contributed by atoms with Crippen molar-refractivity contribution in [2.45, 2.75) is 24.2 Å². The van der Waals surface area contributed by atoms with Crippen LogP contribution in [-0.2, 0) is 11.8 Å². The SMILES string of the molecule is FC(F)(F)c1cnccc1C(F)(C(F)(F)F)C(F)(F)F. The van der Waals surface area contributed by atoms with Crippen molar-refractivity contribution in [3.05, 3.63) is 29.6 Å². The molecule has 0 saturated carbocycles. The molecule has 0 atom stereocenters. The molecule has 0 aliphatic heterocycles. The van der Waals surface area contributed by atoms with Gasteiger partial charge in [0.15, 0.2) is 0 Å². The zero-order chi connectivity index (χ0) is 16.0. The Morgan fingerprint density at radius 3 is 1.50 bits per heavy atom. The molecule has 0 bridgehead atoms. The number of halogens is 10. The third-order valence-electron chi connectivity index (χ3n) is 2.28. The van der Waals surface area contributed by atoms with E-state index in [1.54, 1.807) is 0 Å². The number of pyridine rings is 1. The van der Waals surface area contributed by atoms with Crippen molar-refractivity contribution in [1.82, 2.24) is 4.98 Å². The highest BCUT2D eigenvalue weighted by molar-refractivity contribution is 5.35. The molecule has 0 spiro atoms. The maximum absolute atomic E-state index is 13.6. The molecule has 0 N–H and O–H groups in total. The Labute approximate surface area is 104 Å². The average molecular weight is 315 g/mol. The molecule has 0 saturated heterocycles. The second kappa shape index (κ2) is 4.48. The smallest absolute Gasteiger partial charge is 0.264 e. The minimum absolute atomic E-state index is 0.205. The summed E-state index contributed by atoms with van der Waals surface area (Å²) in [7, 11) is 0. The number of hydrogen-bond acceptors (Lipinski definition) is 1. The van der Waals surface area contributed by atoms with Crippen molar-refractivity contribution in [2.75, 3.05) is 0 Å². The second-order valence-electron chi connectivity index (χ2n) is 3.57. The zero-order valence-electron chi connectivity index (χ0n) is 8.96. The molecule has 0 unspecified atom stereocenters. The highest BCUT2D eigenvalue weighted by Gasteiger charge is 2.74. The summed E-state index contributed by atoms with van der Waals surface area (Å²) in [4.78, 5) is 2.77. The maximum atomic E-state index is 13.6. The summed E-state index contributed by atoms with van der Waals surface area (Å²) >= 11 is 0. The van der Waals surface area contributed by atoms with Gasteiger partial charge >= 0.3 is 24.2 Å². The van der Waals surface area contributed by atoms with Crippen LogP contribution in [0.3, 0.4) is 0 Å². The molecule has 1 aromatic rings. The lowest BCUT2D eigenvalue weighted by atomic mass is 9.91. The van der Waals surface area contributed by atoms with E-state index in [0.717, 1.165) is 0 Å². The number of hydrogen-bond donors (Lipinski definition) is 0. The Hall–Kier alpha value is -1.55.